The normalized spacial score (nSPS) is 33.3. The van der Waals surface area contributed by atoms with E-state index in [0.717, 1.165) is 19.4 Å². The first-order chi connectivity index (χ1) is 9.54. The zero-order valence-corrected chi connectivity index (χ0v) is 12.5. The molecule has 1 saturated heterocycles. The molecule has 3 rings (SSSR count). The zero-order chi connectivity index (χ0) is 14.2. The lowest BCUT2D eigenvalue weighted by molar-refractivity contribution is -0.317. The smallest absolute Gasteiger partial charge is 0.163 e. The monoisotopic (exact) mass is 272 g/mol. The van der Waals surface area contributed by atoms with Crippen molar-refractivity contribution in [1.82, 2.24) is 0 Å². The van der Waals surface area contributed by atoms with Gasteiger partial charge in [0.2, 0.25) is 0 Å². The van der Waals surface area contributed by atoms with Gasteiger partial charge in [0.05, 0.1) is 12.7 Å². The minimum Gasteiger partial charge on any atom is -0.349 e. The molecule has 1 aliphatic heterocycles. The molecule has 1 aromatic rings. The van der Waals surface area contributed by atoms with E-state index in [1.165, 1.54) is 24.0 Å². The summed E-state index contributed by atoms with van der Waals surface area (Å²) in [5, 5.41) is 0. The molecule has 0 aromatic heterocycles. The van der Waals surface area contributed by atoms with Crippen molar-refractivity contribution in [2.24, 2.45) is 5.41 Å². The Bertz CT molecular complexity index is 491. The van der Waals surface area contributed by atoms with E-state index in [4.69, 9.17) is 9.47 Å². The third-order valence-corrected chi connectivity index (χ3v) is 4.74. The molecule has 0 bridgehead atoms. The maximum atomic E-state index is 6.34. The van der Waals surface area contributed by atoms with Crippen LogP contribution < -0.4 is 0 Å². The van der Waals surface area contributed by atoms with Gasteiger partial charge in [-0.3, -0.25) is 0 Å². The maximum absolute atomic E-state index is 6.34. The van der Waals surface area contributed by atoms with Crippen LogP contribution in [0.5, 0.6) is 0 Å². The molecule has 108 valence electrons. The summed E-state index contributed by atoms with van der Waals surface area (Å²) in [6, 6.07) is 10.5. The Kier molecular flexibility index (Phi) is 3.47. The predicted molar refractivity (Wildman–Crippen MR) is 80.3 cm³/mol. The molecule has 0 unspecified atom stereocenters. The highest BCUT2D eigenvalue weighted by atomic mass is 16.7. The van der Waals surface area contributed by atoms with E-state index in [0.29, 0.717) is 0 Å². The van der Waals surface area contributed by atoms with Gasteiger partial charge in [-0.15, -0.1) is 0 Å². The highest BCUT2D eigenvalue weighted by molar-refractivity contribution is 5.27. The molecule has 2 heteroatoms. The number of hydrogen-bond acceptors (Lipinski definition) is 2. The van der Waals surface area contributed by atoms with Gasteiger partial charge in [-0.2, -0.15) is 0 Å². The fourth-order valence-corrected chi connectivity index (χ4v) is 3.52. The summed E-state index contributed by atoms with van der Waals surface area (Å²) in [6.07, 6.45) is 4.74. The van der Waals surface area contributed by atoms with Crippen LogP contribution in [0.3, 0.4) is 0 Å². The summed E-state index contributed by atoms with van der Waals surface area (Å²) in [5.74, 6) is -0.524. The third-order valence-electron chi connectivity index (χ3n) is 4.74. The van der Waals surface area contributed by atoms with Crippen LogP contribution in [0, 0.1) is 5.41 Å². The average molecular weight is 272 g/mol. The summed E-state index contributed by atoms with van der Waals surface area (Å²) in [5.41, 5.74) is 2.50. The lowest BCUT2D eigenvalue weighted by Gasteiger charge is -2.52. The molecular formula is C18H24O2. The van der Waals surface area contributed by atoms with Gasteiger partial charge in [0.15, 0.2) is 5.79 Å². The first-order valence-corrected chi connectivity index (χ1v) is 7.58. The molecule has 2 atom stereocenters. The van der Waals surface area contributed by atoms with Gasteiger partial charge in [-0.05, 0) is 38.7 Å². The van der Waals surface area contributed by atoms with Gasteiger partial charge in [0, 0.05) is 5.41 Å². The van der Waals surface area contributed by atoms with E-state index in [9.17, 15) is 0 Å². The summed E-state index contributed by atoms with van der Waals surface area (Å²) < 4.78 is 12.3. The third kappa shape index (κ3) is 2.32. The van der Waals surface area contributed by atoms with Crippen molar-refractivity contribution in [2.75, 3.05) is 6.61 Å². The molecule has 1 aliphatic carbocycles. The van der Waals surface area contributed by atoms with Crippen LogP contribution in [0.4, 0.5) is 0 Å². The van der Waals surface area contributed by atoms with Crippen molar-refractivity contribution < 1.29 is 9.47 Å². The van der Waals surface area contributed by atoms with Gasteiger partial charge >= 0.3 is 0 Å². The van der Waals surface area contributed by atoms with E-state index in [1.807, 2.05) is 13.8 Å². The molecule has 0 N–H and O–H groups in total. The fourth-order valence-electron chi connectivity index (χ4n) is 3.52. The number of ether oxygens (including phenoxy) is 2. The molecule has 1 spiro atoms. The SMILES string of the molecule is C=C1CCCC[C@@]12COC(C)(C)O[C@@H]2c1ccccc1. The Morgan fingerprint density at radius 3 is 2.60 bits per heavy atom. The van der Waals surface area contributed by atoms with Crippen LogP contribution in [0.25, 0.3) is 0 Å². The van der Waals surface area contributed by atoms with Gasteiger partial charge in [-0.25, -0.2) is 0 Å². The molecule has 0 amide bonds. The Balaban J connectivity index is 2.01. The average Bonchev–Trinajstić information content (AvgIpc) is 2.45. The van der Waals surface area contributed by atoms with E-state index < -0.39 is 5.79 Å². The topological polar surface area (TPSA) is 18.5 Å². The molecule has 20 heavy (non-hydrogen) atoms. The number of benzene rings is 1. The van der Waals surface area contributed by atoms with Crippen molar-refractivity contribution >= 4 is 0 Å². The quantitative estimate of drug-likeness (QED) is 0.694. The second-order valence-electron chi connectivity index (χ2n) is 6.56. The highest BCUT2D eigenvalue weighted by Crippen LogP contribution is 2.54. The Hall–Kier alpha value is -1.12. The maximum Gasteiger partial charge on any atom is 0.163 e. The molecule has 1 heterocycles. The van der Waals surface area contributed by atoms with Crippen molar-refractivity contribution in [1.29, 1.82) is 0 Å². The highest BCUT2D eigenvalue weighted by Gasteiger charge is 2.50. The molecule has 1 aromatic carbocycles. The van der Waals surface area contributed by atoms with Gasteiger partial charge < -0.3 is 9.47 Å². The first-order valence-electron chi connectivity index (χ1n) is 7.58. The predicted octanol–water partition coefficient (Wildman–Crippen LogP) is 4.63. The van der Waals surface area contributed by atoms with Gasteiger partial charge in [0.25, 0.3) is 0 Å². The Labute approximate surface area is 121 Å². The van der Waals surface area contributed by atoms with E-state index in [1.54, 1.807) is 0 Å². The van der Waals surface area contributed by atoms with Crippen LogP contribution in [0.15, 0.2) is 42.5 Å². The minimum absolute atomic E-state index is 0.0465. The zero-order valence-electron chi connectivity index (χ0n) is 12.5. The summed E-state index contributed by atoms with van der Waals surface area (Å²) in [7, 11) is 0. The molecular weight excluding hydrogens is 248 g/mol. The van der Waals surface area contributed by atoms with Crippen molar-refractivity contribution in [3.05, 3.63) is 48.0 Å². The van der Waals surface area contributed by atoms with Crippen molar-refractivity contribution in [3.63, 3.8) is 0 Å². The first kappa shape index (κ1) is 13.8. The van der Waals surface area contributed by atoms with E-state index in [2.05, 4.69) is 36.9 Å². The fraction of sp³-hybridized carbons (Fsp3) is 0.556. The molecule has 1 saturated carbocycles. The van der Waals surface area contributed by atoms with Crippen LogP contribution in [-0.2, 0) is 9.47 Å². The van der Waals surface area contributed by atoms with Crippen LogP contribution >= 0.6 is 0 Å². The van der Waals surface area contributed by atoms with E-state index in [-0.39, 0.29) is 11.5 Å². The minimum atomic E-state index is -0.524. The van der Waals surface area contributed by atoms with Gasteiger partial charge in [-0.1, -0.05) is 48.9 Å². The largest absolute Gasteiger partial charge is 0.349 e. The van der Waals surface area contributed by atoms with Gasteiger partial charge in [0.1, 0.15) is 0 Å². The van der Waals surface area contributed by atoms with Crippen LogP contribution in [0.2, 0.25) is 0 Å². The van der Waals surface area contributed by atoms with Crippen LogP contribution in [0.1, 0.15) is 51.2 Å². The van der Waals surface area contributed by atoms with Crippen molar-refractivity contribution in [3.8, 4) is 0 Å². The molecule has 0 radical (unpaired) electrons. The molecule has 2 aliphatic rings. The standard InChI is InChI=1S/C18H24O2/c1-14-9-7-8-12-18(14)13-19-17(2,3)20-16(18)15-10-5-4-6-11-15/h4-6,10-11,16H,1,7-9,12-13H2,2-3H3/t16-,18-/m1/s1. The Morgan fingerprint density at radius 2 is 1.90 bits per heavy atom. The van der Waals surface area contributed by atoms with E-state index >= 15 is 0 Å². The summed E-state index contributed by atoms with van der Waals surface area (Å²) in [4.78, 5) is 0. The lowest BCUT2D eigenvalue weighted by Crippen LogP contribution is -2.50. The summed E-state index contributed by atoms with van der Waals surface area (Å²) in [6.45, 7) is 9.08. The summed E-state index contributed by atoms with van der Waals surface area (Å²) >= 11 is 0. The molecule has 2 fully saturated rings. The lowest BCUT2D eigenvalue weighted by atomic mass is 9.65. The number of hydrogen-bond donors (Lipinski definition) is 0. The second-order valence-corrected chi connectivity index (χ2v) is 6.56. The molecule has 2 nitrogen and oxygen atoms in total. The van der Waals surface area contributed by atoms with Crippen LogP contribution in [-0.4, -0.2) is 12.4 Å². The Morgan fingerprint density at radius 1 is 1.15 bits per heavy atom. The van der Waals surface area contributed by atoms with Crippen molar-refractivity contribution in [2.45, 2.75) is 51.4 Å². The number of rotatable bonds is 1. The second kappa shape index (κ2) is 5.01.